The molecule has 0 saturated carbocycles. The standard InChI is InChI=1S/C10H14OS/c1-9(11)4-2-3-5-10-6-7-12-8-10/h6-8H,2-5H2,1H3. The van der Waals surface area contributed by atoms with E-state index in [0.717, 1.165) is 25.7 Å². The SMILES string of the molecule is CC(=O)CCCCc1ccsc1. The Morgan fingerprint density at radius 3 is 2.92 bits per heavy atom. The topological polar surface area (TPSA) is 17.1 Å². The number of carbonyl (C=O) groups excluding carboxylic acids is 1. The molecule has 0 aromatic carbocycles. The van der Waals surface area contributed by atoms with Crippen LogP contribution >= 0.6 is 11.3 Å². The molecule has 0 aliphatic rings. The highest BCUT2D eigenvalue weighted by Crippen LogP contribution is 2.10. The van der Waals surface area contributed by atoms with Crippen LogP contribution in [0.5, 0.6) is 0 Å². The number of Topliss-reactive ketones (excluding diaryl/α,β-unsaturated/α-hetero) is 1. The zero-order valence-electron chi connectivity index (χ0n) is 7.38. The zero-order valence-corrected chi connectivity index (χ0v) is 8.19. The molecule has 12 heavy (non-hydrogen) atoms. The van der Waals surface area contributed by atoms with Gasteiger partial charge in [0, 0.05) is 6.42 Å². The highest BCUT2D eigenvalue weighted by Gasteiger charge is 1.95. The van der Waals surface area contributed by atoms with E-state index in [-0.39, 0.29) is 0 Å². The molecule has 66 valence electrons. The highest BCUT2D eigenvalue weighted by atomic mass is 32.1. The van der Waals surface area contributed by atoms with Crippen molar-refractivity contribution in [2.45, 2.75) is 32.6 Å². The van der Waals surface area contributed by atoms with Crippen molar-refractivity contribution >= 4 is 17.1 Å². The third kappa shape index (κ3) is 3.67. The van der Waals surface area contributed by atoms with E-state index in [2.05, 4.69) is 16.8 Å². The molecule has 1 heterocycles. The Morgan fingerprint density at radius 2 is 2.33 bits per heavy atom. The van der Waals surface area contributed by atoms with Crippen LogP contribution in [0.15, 0.2) is 16.8 Å². The Hall–Kier alpha value is -0.630. The van der Waals surface area contributed by atoms with Gasteiger partial charge < -0.3 is 4.79 Å². The van der Waals surface area contributed by atoms with Crippen molar-refractivity contribution in [1.82, 2.24) is 0 Å². The maximum Gasteiger partial charge on any atom is 0.129 e. The Balaban J connectivity index is 2.07. The number of unbranched alkanes of at least 4 members (excludes halogenated alkanes) is 1. The normalized spacial score (nSPS) is 10.1. The second-order valence-corrected chi connectivity index (χ2v) is 3.82. The predicted molar refractivity (Wildman–Crippen MR) is 52.6 cm³/mol. The molecule has 0 radical (unpaired) electrons. The van der Waals surface area contributed by atoms with Gasteiger partial charge in [0.25, 0.3) is 0 Å². The van der Waals surface area contributed by atoms with Crippen LogP contribution in [0.3, 0.4) is 0 Å². The quantitative estimate of drug-likeness (QED) is 0.640. The Labute approximate surface area is 77.4 Å². The second kappa shape index (κ2) is 5.09. The first-order valence-corrected chi connectivity index (χ1v) is 5.24. The van der Waals surface area contributed by atoms with Gasteiger partial charge in [-0.15, -0.1) is 0 Å². The van der Waals surface area contributed by atoms with E-state index in [9.17, 15) is 4.79 Å². The molecule has 0 N–H and O–H groups in total. The largest absolute Gasteiger partial charge is 0.300 e. The summed E-state index contributed by atoms with van der Waals surface area (Å²) < 4.78 is 0. The molecule has 0 atom stereocenters. The molecule has 1 nitrogen and oxygen atoms in total. The fourth-order valence-electron chi connectivity index (χ4n) is 1.14. The van der Waals surface area contributed by atoms with Crippen LogP contribution in [0.1, 0.15) is 31.7 Å². The molecule has 0 saturated heterocycles. The lowest BCUT2D eigenvalue weighted by Gasteiger charge is -1.95. The van der Waals surface area contributed by atoms with Gasteiger partial charge >= 0.3 is 0 Å². The van der Waals surface area contributed by atoms with E-state index >= 15 is 0 Å². The first kappa shape index (κ1) is 9.46. The molecule has 2 heteroatoms. The van der Waals surface area contributed by atoms with Crippen molar-refractivity contribution in [2.75, 3.05) is 0 Å². The number of carbonyl (C=O) groups is 1. The Bertz CT molecular complexity index is 226. The van der Waals surface area contributed by atoms with Crippen molar-refractivity contribution < 1.29 is 4.79 Å². The fraction of sp³-hybridized carbons (Fsp3) is 0.500. The van der Waals surface area contributed by atoms with E-state index in [4.69, 9.17) is 0 Å². The molecule has 0 bridgehead atoms. The van der Waals surface area contributed by atoms with E-state index < -0.39 is 0 Å². The van der Waals surface area contributed by atoms with Gasteiger partial charge in [0.2, 0.25) is 0 Å². The summed E-state index contributed by atoms with van der Waals surface area (Å²) in [5.74, 6) is 0.306. The lowest BCUT2D eigenvalue weighted by atomic mass is 10.1. The number of ketones is 1. The summed E-state index contributed by atoms with van der Waals surface area (Å²) in [6.45, 7) is 1.66. The van der Waals surface area contributed by atoms with Gasteiger partial charge in [0.1, 0.15) is 5.78 Å². The molecule has 0 aliphatic heterocycles. The molecule has 0 aliphatic carbocycles. The smallest absolute Gasteiger partial charge is 0.129 e. The van der Waals surface area contributed by atoms with Crippen molar-refractivity contribution in [3.05, 3.63) is 22.4 Å². The minimum atomic E-state index is 0.306. The average molecular weight is 182 g/mol. The molecule has 0 fully saturated rings. The monoisotopic (exact) mass is 182 g/mol. The molecule has 1 aromatic rings. The summed E-state index contributed by atoms with van der Waals surface area (Å²) in [6, 6.07) is 2.15. The number of thiophene rings is 1. The van der Waals surface area contributed by atoms with Gasteiger partial charge in [0.05, 0.1) is 0 Å². The van der Waals surface area contributed by atoms with Gasteiger partial charge in [-0.2, -0.15) is 11.3 Å². The Kier molecular flexibility index (Phi) is 4.01. The van der Waals surface area contributed by atoms with Gasteiger partial charge in [-0.1, -0.05) is 0 Å². The maximum absolute atomic E-state index is 10.6. The summed E-state index contributed by atoms with van der Waals surface area (Å²) >= 11 is 1.74. The lowest BCUT2D eigenvalue weighted by molar-refractivity contribution is -0.117. The minimum Gasteiger partial charge on any atom is -0.300 e. The number of rotatable bonds is 5. The summed E-state index contributed by atoms with van der Waals surface area (Å²) in [5.41, 5.74) is 1.41. The van der Waals surface area contributed by atoms with Crippen molar-refractivity contribution in [3.8, 4) is 0 Å². The number of hydrogen-bond donors (Lipinski definition) is 0. The first-order chi connectivity index (χ1) is 5.79. The van der Waals surface area contributed by atoms with Crippen LogP contribution < -0.4 is 0 Å². The molecular formula is C10H14OS. The zero-order chi connectivity index (χ0) is 8.81. The van der Waals surface area contributed by atoms with E-state index in [0.29, 0.717) is 5.78 Å². The minimum absolute atomic E-state index is 0.306. The van der Waals surface area contributed by atoms with E-state index in [1.807, 2.05) is 0 Å². The van der Waals surface area contributed by atoms with Crippen LogP contribution in [-0.4, -0.2) is 5.78 Å². The predicted octanol–water partition coefficient (Wildman–Crippen LogP) is 3.05. The van der Waals surface area contributed by atoms with E-state index in [1.165, 1.54) is 5.56 Å². The molecule has 0 spiro atoms. The van der Waals surface area contributed by atoms with Gasteiger partial charge in [-0.25, -0.2) is 0 Å². The lowest BCUT2D eigenvalue weighted by Crippen LogP contribution is -1.90. The van der Waals surface area contributed by atoms with Crippen LogP contribution in [0.25, 0.3) is 0 Å². The average Bonchev–Trinajstić information content (AvgIpc) is 2.49. The third-order valence-corrected chi connectivity index (χ3v) is 2.56. The fourth-order valence-corrected chi connectivity index (χ4v) is 1.84. The number of hydrogen-bond acceptors (Lipinski definition) is 2. The summed E-state index contributed by atoms with van der Waals surface area (Å²) in [6.07, 6.45) is 4.03. The van der Waals surface area contributed by atoms with E-state index in [1.54, 1.807) is 18.3 Å². The molecule has 0 amide bonds. The molecule has 1 rings (SSSR count). The highest BCUT2D eigenvalue weighted by molar-refractivity contribution is 7.07. The van der Waals surface area contributed by atoms with Crippen molar-refractivity contribution in [2.24, 2.45) is 0 Å². The van der Waals surface area contributed by atoms with Crippen molar-refractivity contribution in [1.29, 1.82) is 0 Å². The van der Waals surface area contributed by atoms with Crippen LogP contribution in [-0.2, 0) is 11.2 Å². The van der Waals surface area contributed by atoms with Crippen LogP contribution in [0, 0.1) is 0 Å². The molecular weight excluding hydrogens is 168 g/mol. The summed E-state index contributed by atoms with van der Waals surface area (Å²) in [5, 5.41) is 4.27. The van der Waals surface area contributed by atoms with Crippen LogP contribution in [0.2, 0.25) is 0 Å². The third-order valence-electron chi connectivity index (χ3n) is 1.82. The van der Waals surface area contributed by atoms with Gasteiger partial charge in [-0.05, 0) is 48.6 Å². The Morgan fingerprint density at radius 1 is 1.50 bits per heavy atom. The number of aryl methyl sites for hydroxylation is 1. The summed E-state index contributed by atoms with van der Waals surface area (Å²) in [7, 11) is 0. The van der Waals surface area contributed by atoms with Crippen molar-refractivity contribution in [3.63, 3.8) is 0 Å². The van der Waals surface area contributed by atoms with Gasteiger partial charge in [0.15, 0.2) is 0 Å². The maximum atomic E-state index is 10.6. The van der Waals surface area contributed by atoms with Crippen LogP contribution in [0.4, 0.5) is 0 Å². The second-order valence-electron chi connectivity index (χ2n) is 3.04. The molecule has 0 unspecified atom stereocenters. The van der Waals surface area contributed by atoms with Gasteiger partial charge in [-0.3, -0.25) is 0 Å². The molecule has 1 aromatic heterocycles. The first-order valence-electron chi connectivity index (χ1n) is 4.29. The summed E-state index contributed by atoms with van der Waals surface area (Å²) in [4.78, 5) is 10.6.